The van der Waals surface area contributed by atoms with Gasteiger partial charge in [0.15, 0.2) is 0 Å². The average Bonchev–Trinajstić information content (AvgIpc) is 2.78. The van der Waals surface area contributed by atoms with Crippen LogP contribution in [0.3, 0.4) is 0 Å². The normalized spacial score (nSPS) is 37.7. The predicted octanol–water partition coefficient (Wildman–Crippen LogP) is 4.47. The summed E-state index contributed by atoms with van der Waals surface area (Å²) in [5.74, 6) is 4.93. The molecule has 4 unspecified atom stereocenters. The van der Waals surface area contributed by atoms with Gasteiger partial charge in [-0.2, -0.15) is 0 Å². The van der Waals surface area contributed by atoms with Crippen LogP contribution in [0.1, 0.15) is 51.9 Å². The maximum absolute atomic E-state index is 6.03. The van der Waals surface area contributed by atoms with E-state index in [1.54, 1.807) is 6.42 Å². The van der Waals surface area contributed by atoms with Crippen LogP contribution in [-0.4, -0.2) is 5.88 Å². The lowest BCUT2D eigenvalue weighted by Gasteiger charge is -2.25. The Labute approximate surface area is 93.4 Å². The highest BCUT2D eigenvalue weighted by molar-refractivity contribution is 6.18. The third-order valence-corrected chi connectivity index (χ3v) is 4.87. The predicted molar refractivity (Wildman–Crippen MR) is 62.7 cm³/mol. The molecule has 0 saturated heterocycles. The first-order valence-electron chi connectivity index (χ1n) is 6.39. The van der Waals surface area contributed by atoms with Gasteiger partial charge in [0, 0.05) is 5.88 Å². The maximum atomic E-state index is 6.03. The van der Waals surface area contributed by atoms with Crippen molar-refractivity contribution in [1.29, 1.82) is 0 Å². The molecule has 0 radical (unpaired) electrons. The Kier molecular flexibility index (Phi) is 3.76. The summed E-state index contributed by atoms with van der Waals surface area (Å²) in [5.41, 5.74) is 0. The highest BCUT2D eigenvalue weighted by atomic mass is 35.5. The van der Waals surface area contributed by atoms with Gasteiger partial charge in [-0.1, -0.05) is 19.8 Å². The van der Waals surface area contributed by atoms with E-state index in [-0.39, 0.29) is 0 Å². The summed E-state index contributed by atoms with van der Waals surface area (Å²) in [6, 6.07) is 0. The number of halogens is 1. The van der Waals surface area contributed by atoms with Crippen LogP contribution in [-0.2, 0) is 0 Å². The van der Waals surface area contributed by atoms with Crippen molar-refractivity contribution in [3.05, 3.63) is 0 Å². The van der Waals surface area contributed by atoms with Crippen molar-refractivity contribution in [2.75, 3.05) is 5.88 Å². The van der Waals surface area contributed by atoms with Gasteiger partial charge < -0.3 is 0 Å². The van der Waals surface area contributed by atoms with Crippen LogP contribution >= 0.6 is 11.6 Å². The molecule has 0 spiro atoms. The minimum atomic E-state index is 0.811. The molecule has 2 rings (SSSR count). The molecule has 1 heteroatoms. The Morgan fingerprint density at radius 1 is 1.29 bits per heavy atom. The summed E-state index contributed by atoms with van der Waals surface area (Å²) < 4.78 is 0. The standard InChI is InChI=1S/C13H23Cl/c1-2-3-11(9-14)8-13-7-10-4-5-12(13)6-10/h10-13H,2-9H2,1H3. The molecule has 14 heavy (non-hydrogen) atoms. The van der Waals surface area contributed by atoms with Gasteiger partial charge in [0.1, 0.15) is 0 Å². The van der Waals surface area contributed by atoms with E-state index in [4.69, 9.17) is 11.6 Å². The molecule has 2 bridgehead atoms. The fraction of sp³-hybridized carbons (Fsp3) is 1.00. The molecule has 0 amide bonds. The molecule has 0 heterocycles. The lowest BCUT2D eigenvalue weighted by molar-refractivity contribution is 0.270. The van der Waals surface area contributed by atoms with Crippen LogP contribution in [0.25, 0.3) is 0 Å². The lowest BCUT2D eigenvalue weighted by Crippen LogP contribution is -2.16. The zero-order valence-electron chi connectivity index (χ0n) is 9.34. The zero-order chi connectivity index (χ0) is 9.97. The molecule has 2 saturated carbocycles. The van der Waals surface area contributed by atoms with E-state index in [1.807, 2.05) is 0 Å². The molecule has 0 aliphatic heterocycles. The summed E-state index contributed by atoms with van der Waals surface area (Å²) in [4.78, 5) is 0. The second kappa shape index (κ2) is 4.88. The van der Waals surface area contributed by atoms with Crippen LogP contribution in [0.15, 0.2) is 0 Å². The van der Waals surface area contributed by atoms with E-state index in [0.29, 0.717) is 0 Å². The smallest absolute Gasteiger partial charge is 0.0251 e. The van der Waals surface area contributed by atoms with Gasteiger partial charge in [-0.15, -0.1) is 11.6 Å². The third-order valence-electron chi connectivity index (χ3n) is 4.44. The van der Waals surface area contributed by atoms with E-state index in [2.05, 4.69) is 6.92 Å². The van der Waals surface area contributed by atoms with Crippen LogP contribution in [0.4, 0.5) is 0 Å². The number of hydrogen-bond acceptors (Lipinski definition) is 0. The number of fused-ring (bicyclic) bond motifs is 2. The summed E-state index contributed by atoms with van der Waals surface area (Å²) in [6.07, 6.45) is 10.2. The van der Waals surface area contributed by atoms with Crippen molar-refractivity contribution in [3.63, 3.8) is 0 Å². The maximum Gasteiger partial charge on any atom is 0.0251 e. The molecular weight excluding hydrogens is 192 g/mol. The monoisotopic (exact) mass is 214 g/mol. The first kappa shape index (κ1) is 10.8. The van der Waals surface area contributed by atoms with Crippen LogP contribution in [0, 0.1) is 23.7 Å². The average molecular weight is 215 g/mol. The van der Waals surface area contributed by atoms with E-state index in [0.717, 1.165) is 29.6 Å². The zero-order valence-corrected chi connectivity index (χ0v) is 10.1. The second-order valence-corrected chi connectivity index (χ2v) is 5.79. The van der Waals surface area contributed by atoms with Gasteiger partial charge in [-0.25, -0.2) is 0 Å². The number of hydrogen-bond donors (Lipinski definition) is 0. The Hall–Kier alpha value is 0.290. The van der Waals surface area contributed by atoms with Crippen LogP contribution < -0.4 is 0 Å². The lowest BCUT2D eigenvalue weighted by atomic mass is 9.81. The Bertz CT molecular complexity index is 178. The van der Waals surface area contributed by atoms with Gasteiger partial charge in [-0.3, -0.25) is 0 Å². The fourth-order valence-electron chi connectivity index (χ4n) is 3.76. The SMILES string of the molecule is CCCC(CCl)CC1CC2CCC1C2. The minimum Gasteiger partial charge on any atom is -0.126 e. The molecule has 0 aromatic rings. The van der Waals surface area contributed by atoms with Crippen molar-refractivity contribution in [1.82, 2.24) is 0 Å². The van der Waals surface area contributed by atoms with Crippen molar-refractivity contribution in [2.24, 2.45) is 23.7 Å². The van der Waals surface area contributed by atoms with Gasteiger partial charge >= 0.3 is 0 Å². The summed E-state index contributed by atoms with van der Waals surface area (Å²) >= 11 is 6.03. The molecule has 82 valence electrons. The summed E-state index contributed by atoms with van der Waals surface area (Å²) in [6.45, 7) is 2.28. The van der Waals surface area contributed by atoms with Crippen LogP contribution in [0.5, 0.6) is 0 Å². The largest absolute Gasteiger partial charge is 0.126 e. The molecule has 0 N–H and O–H groups in total. The molecule has 0 aromatic carbocycles. The van der Waals surface area contributed by atoms with E-state index >= 15 is 0 Å². The fourth-order valence-corrected chi connectivity index (χ4v) is 4.04. The van der Waals surface area contributed by atoms with E-state index < -0.39 is 0 Å². The molecule has 0 aromatic heterocycles. The Morgan fingerprint density at radius 3 is 2.64 bits per heavy atom. The van der Waals surface area contributed by atoms with Gasteiger partial charge in [0.05, 0.1) is 0 Å². The topological polar surface area (TPSA) is 0 Å². The number of rotatable bonds is 5. The van der Waals surface area contributed by atoms with Gasteiger partial charge in [-0.05, 0) is 55.8 Å². The summed E-state index contributed by atoms with van der Waals surface area (Å²) in [5, 5.41) is 0. The van der Waals surface area contributed by atoms with Crippen molar-refractivity contribution >= 4 is 11.6 Å². The van der Waals surface area contributed by atoms with E-state index in [1.165, 1.54) is 38.5 Å². The van der Waals surface area contributed by atoms with Crippen molar-refractivity contribution in [3.8, 4) is 0 Å². The molecular formula is C13H23Cl. The van der Waals surface area contributed by atoms with Crippen molar-refractivity contribution < 1.29 is 0 Å². The third kappa shape index (κ3) is 2.27. The van der Waals surface area contributed by atoms with Crippen LogP contribution in [0.2, 0.25) is 0 Å². The highest BCUT2D eigenvalue weighted by Crippen LogP contribution is 2.50. The first-order valence-corrected chi connectivity index (χ1v) is 6.92. The molecule has 2 aliphatic rings. The molecule has 2 fully saturated rings. The second-order valence-electron chi connectivity index (χ2n) is 5.48. The highest BCUT2D eigenvalue weighted by Gasteiger charge is 2.39. The number of alkyl halides is 1. The molecule has 2 aliphatic carbocycles. The Balaban J connectivity index is 1.79. The van der Waals surface area contributed by atoms with Crippen molar-refractivity contribution in [2.45, 2.75) is 51.9 Å². The molecule has 0 nitrogen and oxygen atoms in total. The van der Waals surface area contributed by atoms with Gasteiger partial charge in [0.2, 0.25) is 0 Å². The molecule has 4 atom stereocenters. The Morgan fingerprint density at radius 2 is 2.14 bits per heavy atom. The quantitative estimate of drug-likeness (QED) is 0.593. The minimum absolute atomic E-state index is 0.811. The van der Waals surface area contributed by atoms with E-state index in [9.17, 15) is 0 Å². The summed E-state index contributed by atoms with van der Waals surface area (Å²) in [7, 11) is 0. The van der Waals surface area contributed by atoms with Gasteiger partial charge in [0.25, 0.3) is 0 Å². The first-order chi connectivity index (χ1) is 6.83.